The first-order valence-corrected chi connectivity index (χ1v) is 9.19. The number of alkyl halides is 2. The fourth-order valence-corrected chi connectivity index (χ4v) is 3.28. The van der Waals surface area contributed by atoms with Crippen LogP contribution in [0, 0.1) is 0 Å². The molecule has 0 N–H and O–H groups in total. The van der Waals surface area contributed by atoms with Crippen LogP contribution in [-0.2, 0) is 16.4 Å². The van der Waals surface area contributed by atoms with Crippen molar-refractivity contribution in [1.29, 1.82) is 0 Å². The van der Waals surface area contributed by atoms with Gasteiger partial charge in [0.1, 0.15) is 12.4 Å². The normalized spacial score (nSPS) is 11.7. The third-order valence-electron chi connectivity index (χ3n) is 3.93. The molecule has 0 aromatic heterocycles. The summed E-state index contributed by atoms with van der Waals surface area (Å²) in [7, 11) is -4.62. The van der Waals surface area contributed by atoms with Crippen molar-refractivity contribution in [3.05, 3.63) is 71.8 Å². The molecule has 3 aromatic carbocycles. The molecule has 0 atom stereocenters. The monoisotopic (exact) mass is 376 g/mol. The molecule has 0 heterocycles. The Balaban J connectivity index is 1.81. The van der Waals surface area contributed by atoms with Crippen LogP contribution in [0.1, 0.15) is 15.9 Å². The van der Waals surface area contributed by atoms with E-state index in [1.54, 1.807) is 6.07 Å². The molecule has 3 rings (SSSR count). The van der Waals surface area contributed by atoms with Gasteiger partial charge in [0.25, 0.3) is 0 Å². The third-order valence-corrected chi connectivity index (χ3v) is 5.33. The second kappa shape index (κ2) is 7.21. The van der Waals surface area contributed by atoms with E-state index in [2.05, 4.69) is 0 Å². The molecule has 134 valence electrons. The van der Waals surface area contributed by atoms with Gasteiger partial charge in [0.2, 0.25) is 9.84 Å². The summed E-state index contributed by atoms with van der Waals surface area (Å²) in [5, 5.41) is 1.67. The molecule has 0 saturated carbocycles. The van der Waals surface area contributed by atoms with Crippen LogP contribution in [0.4, 0.5) is 8.78 Å². The number of rotatable bonds is 6. The van der Waals surface area contributed by atoms with Gasteiger partial charge in [0, 0.05) is 0 Å². The van der Waals surface area contributed by atoms with Gasteiger partial charge in [-0.25, -0.2) is 8.42 Å². The summed E-state index contributed by atoms with van der Waals surface area (Å²) in [4.78, 5) is 11.0. The van der Waals surface area contributed by atoms with Gasteiger partial charge in [0.05, 0.1) is 10.5 Å². The van der Waals surface area contributed by atoms with Gasteiger partial charge in [-0.3, -0.25) is 4.79 Å². The Kier molecular flexibility index (Phi) is 4.99. The number of carbonyl (C=O) groups excluding carboxylic acids is 1. The maximum Gasteiger partial charge on any atom is 0.341 e. The Morgan fingerprint density at radius 3 is 2.31 bits per heavy atom. The number of aldehydes is 1. The molecular weight excluding hydrogens is 362 g/mol. The lowest BCUT2D eigenvalue weighted by molar-refractivity contribution is 0.112. The van der Waals surface area contributed by atoms with Gasteiger partial charge in [-0.1, -0.05) is 42.5 Å². The minimum absolute atomic E-state index is 0.0637. The van der Waals surface area contributed by atoms with Crippen molar-refractivity contribution < 1.29 is 26.7 Å². The number of hydrogen-bond acceptors (Lipinski definition) is 4. The molecule has 0 saturated heterocycles. The molecule has 0 aliphatic carbocycles. The Bertz CT molecular complexity index is 1040. The van der Waals surface area contributed by atoms with Crippen molar-refractivity contribution in [1.82, 2.24) is 0 Å². The summed E-state index contributed by atoms with van der Waals surface area (Å²) in [6.07, 6.45) is 0.718. The van der Waals surface area contributed by atoms with Crippen molar-refractivity contribution in [3.63, 3.8) is 0 Å². The Hall–Kier alpha value is -2.80. The van der Waals surface area contributed by atoms with Crippen LogP contribution in [0.3, 0.4) is 0 Å². The molecule has 0 fully saturated rings. The maximum atomic E-state index is 12.5. The first kappa shape index (κ1) is 18.0. The van der Waals surface area contributed by atoms with E-state index in [1.807, 2.05) is 30.3 Å². The summed E-state index contributed by atoms with van der Waals surface area (Å²) in [5.74, 6) is -3.07. The molecule has 0 bridgehead atoms. The van der Waals surface area contributed by atoms with E-state index in [0.717, 1.165) is 29.2 Å². The predicted molar refractivity (Wildman–Crippen MR) is 93.3 cm³/mol. The van der Waals surface area contributed by atoms with E-state index < -0.39 is 20.5 Å². The van der Waals surface area contributed by atoms with Crippen LogP contribution >= 0.6 is 0 Å². The third kappa shape index (κ3) is 3.43. The van der Waals surface area contributed by atoms with Crippen LogP contribution in [0.15, 0.2) is 65.6 Å². The number of carbonyl (C=O) groups is 1. The van der Waals surface area contributed by atoms with Gasteiger partial charge in [0.15, 0.2) is 6.29 Å². The average Bonchev–Trinajstić information content (AvgIpc) is 2.66. The van der Waals surface area contributed by atoms with Crippen LogP contribution in [0.5, 0.6) is 5.75 Å². The molecule has 0 aliphatic rings. The zero-order chi connectivity index (χ0) is 18.7. The van der Waals surface area contributed by atoms with Gasteiger partial charge in [-0.05, 0) is 34.5 Å². The Morgan fingerprint density at radius 2 is 1.65 bits per heavy atom. The van der Waals surface area contributed by atoms with Crippen LogP contribution < -0.4 is 4.74 Å². The number of fused-ring (bicyclic) bond motifs is 1. The molecule has 4 nitrogen and oxygen atoms in total. The SMILES string of the molecule is O=Cc1c(OCc2ccc(S(=O)(=O)C(F)F)cc2)ccc2ccccc12. The lowest BCUT2D eigenvalue weighted by Crippen LogP contribution is -2.11. The van der Waals surface area contributed by atoms with E-state index in [1.165, 1.54) is 12.1 Å². The largest absolute Gasteiger partial charge is 0.488 e. The van der Waals surface area contributed by atoms with Gasteiger partial charge < -0.3 is 4.74 Å². The molecule has 0 spiro atoms. The van der Waals surface area contributed by atoms with Crippen molar-refractivity contribution in [2.75, 3.05) is 0 Å². The smallest absolute Gasteiger partial charge is 0.341 e. The summed E-state index contributed by atoms with van der Waals surface area (Å²) in [6.45, 7) is 0.0637. The maximum absolute atomic E-state index is 12.5. The molecular formula is C19H14F2O4S. The second-order valence-electron chi connectivity index (χ2n) is 5.55. The lowest BCUT2D eigenvalue weighted by atomic mass is 10.0. The zero-order valence-corrected chi connectivity index (χ0v) is 14.2. The van der Waals surface area contributed by atoms with Crippen LogP contribution in [0.25, 0.3) is 10.8 Å². The van der Waals surface area contributed by atoms with Crippen LogP contribution in [-0.4, -0.2) is 20.5 Å². The molecule has 3 aromatic rings. The van der Waals surface area contributed by atoms with E-state index in [0.29, 0.717) is 16.9 Å². The molecule has 0 aliphatic heterocycles. The number of ether oxygens (including phenoxy) is 1. The minimum atomic E-state index is -4.62. The van der Waals surface area contributed by atoms with E-state index in [4.69, 9.17) is 4.74 Å². The van der Waals surface area contributed by atoms with E-state index in [-0.39, 0.29) is 6.61 Å². The second-order valence-corrected chi connectivity index (χ2v) is 7.47. The molecule has 0 unspecified atom stereocenters. The van der Waals surface area contributed by atoms with Crippen LogP contribution in [0.2, 0.25) is 0 Å². The highest BCUT2D eigenvalue weighted by Crippen LogP contribution is 2.27. The first-order valence-electron chi connectivity index (χ1n) is 7.64. The fourth-order valence-electron chi connectivity index (χ4n) is 2.56. The molecule has 7 heteroatoms. The van der Waals surface area contributed by atoms with Crippen molar-refractivity contribution in [2.24, 2.45) is 0 Å². The summed E-state index contributed by atoms with van der Waals surface area (Å²) < 4.78 is 53.6. The van der Waals surface area contributed by atoms with Gasteiger partial charge in [-0.2, -0.15) is 8.78 Å². The Morgan fingerprint density at radius 1 is 0.962 bits per heavy atom. The fraction of sp³-hybridized carbons (Fsp3) is 0.105. The van der Waals surface area contributed by atoms with Gasteiger partial charge in [-0.15, -0.1) is 0 Å². The predicted octanol–water partition coefficient (Wildman–Crippen LogP) is 4.23. The molecule has 0 amide bonds. The zero-order valence-electron chi connectivity index (χ0n) is 13.4. The van der Waals surface area contributed by atoms with Crippen molar-refractivity contribution >= 4 is 26.9 Å². The molecule has 26 heavy (non-hydrogen) atoms. The molecule has 0 radical (unpaired) electrons. The standard InChI is InChI=1S/C19H14F2O4S/c20-19(21)26(23,24)15-8-5-13(6-9-15)12-25-18-10-7-14-3-1-2-4-16(14)17(18)11-22/h1-11,19H,12H2. The minimum Gasteiger partial charge on any atom is -0.488 e. The number of hydrogen-bond donors (Lipinski definition) is 0. The summed E-state index contributed by atoms with van der Waals surface area (Å²) in [6, 6.07) is 15.9. The van der Waals surface area contributed by atoms with E-state index >= 15 is 0 Å². The highest BCUT2D eigenvalue weighted by molar-refractivity contribution is 7.91. The quantitative estimate of drug-likeness (QED) is 0.604. The van der Waals surface area contributed by atoms with Crippen molar-refractivity contribution in [2.45, 2.75) is 17.3 Å². The van der Waals surface area contributed by atoms with E-state index in [9.17, 15) is 22.0 Å². The number of benzene rings is 3. The highest BCUT2D eigenvalue weighted by Gasteiger charge is 2.26. The average molecular weight is 376 g/mol. The number of sulfone groups is 1. The summed E-state index contributed by atoms with van der Waals surface area (Å²) in [5.41, 5.74) is 1.00. The lowest BCUT2D eigenvalue weighted by Gasteiger charge is -2.11. The van der Waals surface area contributed by atoms with Gasteiger partial charge >= 0.3 is 5.76 Å². The number of halogens is 2. The van der Waals surface area contributed by atoms with Crippen molar-refractivity contribution in [3.8, 4) is 5.75 Å². The first-order chi connectivity index (χ1) is 12.4. The Labute approximate surface area is 148 Å². The topological polar surface area (TPSA) is 60.4 Å². The summed E-state index contributed by atoms with van der Waals surface area (Å²) >= 11 is 0. The highest BCUT2D eigenvalue weighted by atomic mass is 32.2.